The van der Waals surface area contributed by atoms with Crippen LogP contribution in [0, 0.1) is 0 Å². The lowest BCUT2D eigenvalue weighted by Gasteiger charge is -2.35. The van der Waals surface area contributed by atoms with Crippen molar-refractivity contribution in [3.05, 3.63) is 59.2 Å². The Hall–Kier alpha value is -2.66. The van der Waals surface area contributed by atoms with Crippen molar-refractivity contribution in [2.24, 2.45) is 0 Å². The minimum Gasteiger partial charge on any atom is -0.508 e. The predicted octanol–water partition coefficient (Wildman–Crippen LogP) is 2.99. The molecule has 0 aromatic heterocycles. The summed E-state index contributed by atoms with van der Waals surface area (Å²) in [4.78, 5) is 0. The Morgan fingerprint density at radius 1 is 1.16 bits per heavy atom. The van der Waals surface area contributed by atoms with Crippen molar-refractivity contribution in [2.45, 2.75) is 31.2 Å². The number of benzene rings is 2. The minimum absolute atomic E-state index is 0.0311. The van der Waals surface area contributed by atoms with Crippen molar-refractivity contribution in [2.75, 3.05) is 6.61 Å². The summed E-state index contributed by atoms with van der Waals surface area (Å²) in [5.41, 5.74) is 2.21. The Balaban J connectivity index is 1.59. The van der Waals surface area contributed by atoms with Gasteiger partial charge in [0.2, 0.25) is 0 Å². The van der Waals surface area contributed by atoms with Crippen LogP contribution in [0.5, 0.6) is 23.0 Å². The highest BCUT2D eigenvalue weighted by molar-refractivity contribution is 5.56. The normalized spacial score (nSPS) is 27.9. The molecule has 5 nitrogen and oxygen atoms in total. The van der Waals surface area contributed by atoms with Crippen LogP contribution in [0.15, 0.2) is 42.5 Å². The maximum Gasteiger partial charge on any atom is 0.168 e. The number of hydrogen-bond donors (Lipinski definition) is 2. The molecule has 0 saturated heterocycles. The molecule has 2 N–H and O–H groups in total. The lowest BCUT2D eigenvalue weighted by Crippen LogP contribution is -2.41. The van der Waals surface area contributed by atoms with Crippen molar-refractivity contribution in [1.82, 2.24) is 0 Å². The molecular formula is C20H18O5. The molecular weight excluding hydrogens is 320 g/mol. The van der Waals surface area contributed by atoms with Crippen molar-refractivity contribution in [3.8, 4) is 23.0 Å². The topological polar surface area (TPSA) is 68.2 Å². The fourth-order valence-corrected chi connectivity index (χ4v) is 3.89. The summed E-state index contributed by atoms with van der Waals surface area (Å²) in [5, 5.41) is 20.9. The summed E-state index contributed by atoms with van der Waals surface area (Å²) in [6.45, 7) is 6.01. The number of aromatic hydroxyl groups is 1. The molecule has 5 heteroatoms. The van der Waals surface area contributed by atoms with Crippen molar-refractivity contribution in [1.29, 1.82) is 0 Å². The monoisotopic (exact) mass is 338 g/mol. The first-order chi connectivity index (χ1) is 12.0. The fraction of sp³-hybridized carbons (Fsp3) is 0.300. The van der Waals surface area contributed by atoms with Crippen LogP contribution in [0.4, 0.5) is 0 Å². The summed E-state index contributed by atoms with van der Waals surface area (Å²) >= 11 is 0. The van der Waals surface area contributed by atoms with E-state index in [-0.39, 0.29) is 18.5 Å². The molecule has 3 heterocycles. The zero-order valence-corrected chi connectivity index (χ0v) is 13.8. The Morgan fingerprint density at radius 3 is 2.80 bits per heavy atom. The van der Waals surface area contributed by atoms with Gasteiger partial charge in [0.15, 0.2) is 11.7 Å². The van der Waals surface area contributed by atoms with Crippen LogP contribution in [-0.4, -0.2) is 22.9 Å². The molecule has 3 unspecified atom stereocenters. The standard InChI is InChI=1S/C20H18O5/c1-10(2)15-6-11-5-13-17(8-16(11)24-15)23-9-20(22)14-4-3-12(21)7-18(14)25-19(13)20/h3-5,7-8,15,19,21-22H,1,6,9H2,2H3. The van der Waals surface area contributed by atoms with Gasteiger partial charge in [-0.15, -0.1) is 0 Å². The van der Waals surface area contributed by atoms with E-state index in [9.17, 15) is 10.2 Å². The van der Waals surface area contributed by atoms with E-state index in [2.05, 4.69) is 6.58 Å². The van der Waals surface area contributed by atoms with Gasteiger partial charge in [-0.1, -0.05) is 6.58 Å². The second-order valence-electron chi connectivity index (χ2n) is 7.05. The highest BCUT2D eigenvalue weighted by Gasteiger charge is 2.53. The van der Waals surface area contributed by atoms with E-state index in [1.165, 1.54) is 6.07 Å². The van der Waals surface area contributed by atoms with Crippen LogP contribution in [0.2, 0.25) is 0 Å². The summed E-state index contributed by atoms with van der Waals surface area (Å²) in [6, 6.07) is 8.63. The highest BCUT2D eigenvalue weighted by Crippen LogP contribution is 2.55. The number of hydrogen-bond acceptors (Lipinski definition) is 5. The molecule has 3 aliphatic heterocycles. The number of phenols is 1. The molecule has 3 atom stereocenters. The fourth-order valence-electron chi connectivity index (χ4n) is 3.89. The third-order valence-corrected chi connectivity index (χ3v) is 5.26. The van der Waals surface area contributed by atoms with Gasteiger partial charge >= 0.3 is 0 Å². The number of aliphatic hydroxyl groups is 1. The lowest BCUT2D eigenvalue weighted by molar-refractivity contribution is -0.0864. The van der Waals surface area contributed by atoms with Gasteiger partial charge in [0, 0.05) is 29.7 Å². The Kier molecular flexibility index (Phi) is 2.76. The van der Waals surface area contributed by atoms with E-state index in [0.29, 0.717) is 17.1 Å². The first kappa shape index (κ1) is 14.7. The summed E-state index contributed by atoms with van der Waals surface area (Å²) in [6.07, 6.45) is 0.148. The van der Waals surface area contributed by atoms with Crippen LogP contribution in [0.3, 0.4) is 0 Å². The molecule has 3 aliphatic rings. The quantitative estimate of drug-likeness (QED) is 0.783. The van der Waals surface area contributed by atoms with E-state index in [1.807, 2.05) is 19.1 Å². The van der Waals surface area contributed by atoms with Crippen LogP contribution in [0.1, 0.15) is 29.7 Å². The number of ether oxygens (including phenoxy) is 3. The van der Waals surface area contributed by atoms with Crippen LogP contribution < -0.4 is 14.2 Å². The highest BCUT2D eigenvalue weighted by atomic mass is 16.5. The van der Waals surface area contributed by atoms with Gasteiger partial charge in [0.1, 0.15) is 35.7 Å². The third-order valence-electron chi connectivity index (χ3n) is 5.26. The molecule has 2 aromatic rings. The zero-order valence-electron chi connectivity index (χ0n) is 13.8. The maximum atomic E-state index is 11.2. The second kappa shape index (κ2) is 4.70. The van der Waals surface area contributed by atoms with Crippen LogP contribution in [-0.2, 0) is 12.0 Å². The van der Waals surface area contributed by atoms with Crippen LogP contribution in [0.25, 0.3) is 0 Å². The number of rotatable bonds is 1. The Labute approximate surface area is 145 Å². The Bertz CT molecular complexity index is 919. The van der Waals surface area contributed by atoms with Gasteiger partial charge in [0.25, 0.3) is 0 Å². The largest absolute Gasteiger partial charge is 0.508 e. The van der Waals surface area contributed by atoms with E-state index >= 15 is 0 Å². The number of phenolic OH excluding ortho intramolecular Hbond substituents is 1. The van der Waals surface area contributed by atoms with Crippen molar-refractivity contribution < 1.29 is 24.4 Å². The molecule has 2 aromatic carbocycles. The van der Waals surface area contributed by atoms with Gasteiger partial charge in [-0.05, 0) is 36.3 Å². The SMILES string of the molecule is C=C(C)C1Cc2cc3c(cc2O1)OCC1(O)c2ccc(O)cc2OC31. The van der Waals surface area contributed by atoms with Crippen LogP contribution >= 0.6 is 0 Å². The van der Waals surface area contributed by atoms with Gasteiger partial charge in [-0.2, -0.15) is 0 Å². The molecule has 0 spiro atoms. The van der Waals surface area contributed by atoms with Gasteiger partial charge in [-0.3, -0.25) is 0 Å². The second-order valence-corrected chi connectivity index (χ2v) is 7.05. The summed E-state index contributed by atoms with van der Waals surface area (Å²) in [7, 11) is 0. The van der Waals surface area contributed by atoms with E-state index in [0.717, 1.165) is 28.9 Å². The van der Waals surface area contributed by atoms with E-state index < -0.39 is 11.7 Å². The minimum atomic E-state index is -1.27. The smallest absolute Gasteiger partial charge is 0.168 e. The molecule has 0 bridgehead atoms. The molecule has 128 valence electrons. The van der Waals surface area contributed by atoms with E-state index in [4.69, 9.17) is 14.2 Å². The zero-order chi connectivity index (χ0) is 17.3. The predicted molar refractivity (Wildman–Crippen MR) is 90.2 cm³/mol. The van der Waals surface area contributed by atoms with Crippen molar-refractivity contribution >= 4 is 0 Å². The molecule has 0 aliphatic carbocycles. The first-order valence-electron chi connectivity index (χ1n) is 8.30. The summed E-state index contributed by atoms with van der Waals surface area (Å²) in [5.74, 6) is 2.05. The first-order valence-corrected chi connectivity index (χ1v) is 8.30. The Morgan fingerprint density at radius 2 is 2.00 bits per heavy atom. The van der Waals surface area contributed by atoms with Crippen molar-refractivity contribution in [3.63, 3.8) is 0 Å². The molecule has 0 saturated carbocycles. The third kappa shape index (κ3) is 1.93. The molecule has 0 radical (unpaired) electrons. The molecule has 0 fully saturated rings. The van der Waals surface area contributed by atoms with E-state index in [1.54, 1.807) is 12.1 Å². The van der Waals surface area contributed by atoms with Gasteiger partial charge in [-0.25, -0.2) is 0 Å². The van der Waals surface area contributed by atoms with Gasteiger partial charge in [0.05, 0.1) is 0 Å². The van der Waals surface area contributed by atoms with Gasteiger partial charge < -0.3 is 24.4 Å². The number of fused-ring (bicyclic) bond motifs is 6. The molecule has 5 rings (SSSR count). The lowest BCUT2D eigenvalue weighted by atomic mass is 9.84. The molecule has 0 amide bonds. The summed E-state index contributed by atoms with van der Waals surface area (Å²) < 4.78 is 17.8. The average molecular weight is 338 g/mol. The average Bonchev–Trinajstić information content (AvgIpc) is 3.11. The maximum absolute atomic E-state index is 11.2. The molecule has 25 heavy (non-hydrogen) atoms.